The molecular formula is C11H18N2O2. The van der Waals surface area contributed by atoms with Crippen molar-refractivity contribution in [2.24, 2.45) is 5.92 Å². The van der Waals surface area contributed by atoms with Gasteiger partial charge in [0.15, 0.2) is 0 Å². The molecule has 0 aromatic carbocycles. The minimum absolute atomic E-state index is 0.0479. The summed E-state index contributed by atoms with van der Waals surface area (Å²) in [5.41, 5.74) is 0. The Morgan fingerprint density at radius 3 is 3.07 bits per heavy atom. The van der Waals surface area contributed by atoms with E-state index >= 15 is 0 Å². The molecule has 1 heterocycles. The molecule has 4 nitrogen and oxygen atoms in total. The molecule has 0 spiro atoms. The second-order valence-electron chi connectivity index (χ2n) is 3.69. The summed E-state index contributed by atoms with van der Waals surface area (Å²) >= 11 is 0. The minimum atomic E-state index is -0.0479. The Morgan fingerprint density at radius 1 is 1.67 bits per heavy atom. The highest BCUT2D eigenvalue weighted by molar-refractivity contribution is 5.83. The summed E-state index contributed by atoms with van der Waals surface area (Å²) in [7, 11) is 0. The Kier molecular flexibility index (Phi) is 4.87. The molecule has 1 fully saturated rings. The van der Waals surface area contributed by atoms with Crippen LogP contribution in [0.15, 0.2) is 12.2 Å². The molecule has 1 aliphatic heterocycles. The average molecular weight is 210 g/mol. The lowest BCUT2D eigenvalue weighted by Crippen LogP contribution is -2.43. The van der Waals surface area contributed by atoms with Crippen molar-refractivity contribution in [1.82, 2.24) is 10.6 Å². The van der Waals surface area contributed by atoms with E-state index in [2.05, 4.69) is 10.6 Å². The van der Waals surface area contributed by atoms with E-state index in [1.54, 1.807) is 0 Å². The van der Waals surface area contributed by atoms with Crippen molar-refractivity contribution < 1.29 is 9.59 Å². The van der Waals surface area contributed by atoms with Gasteiger partial charge in [-0.3, -0.25) is 9.59 Å². The molecule has 0 bridgehead atoms. The molecule has 2 N–H and O–H groups in total. The van der Waals surface area contributed by atoms with E-state index in [1.807, 2.05) is 19.1 Å². The first kappa shape index (κ1) is 11.8. The fourth-order valence-electron chi connectivity index (χ4n) is 1.55. The molecule has 1 rings (SSSR count). The Balaban J connectivity index is 2.19. The van der Waals surface area contributed by atoms with Crippen LogP contribution >= 0.6 is 0 Å². The van der Waals surface area contributed by atoms with Gasteiger partial charge < -0.3 is 10.6 Å². The van der Waals surface area contributed by atoms with Crippen LogP contribution in [0.4, 0.5) is 0 Å². The van der Waals surface area contributed by atoms with Crippen molar-refractivity contribution in [3.63, 3.8) is 0 Å². The molecule has 2 amide bonds. The smallest absolute Gasteiger partial charge is 0.224 e. The number of nitrogens with one attached hydrogen (secondary N) is 2. The molecular weight excluding hydrogens is 192 g/mol. The Labute approximate surface area is 90.1 Å². The molecule has 0 radical (unpaired) electrons. The maximum absolute atomic E-state index is 11.6. The molecule has 15 heavy (non-hydrogen) atoms. The van der Waals surface area contributed by atoms with Gasteiger partial charge in [0, 0.05) is 19.5 Å². The number of piperidine rings is 1. The van der Waals surface area contributed by atoms with Gasteiger partial charge in [-0.2, -0.15) is 0 Å². The summed E-state index contributed by atoms with van der Waals surface area (Å²) < 4.78 is 0. The number of rotatable bonds is 4. The summed E-state index contributed by atoms with van der Waals surface area (Å²) in [6.45, 7) is 3.11. The van der Waals surface area contributed by atoms with Crippen molar-refractivity contribution in [1.29, 1.82) is 0 Å². The van der Waals surface area contributed by atoms with E-state index < -0.39 is 0 Å². The molecule has 1 aliphatic rings. The van der Waals surface area contributed by atoms with Crippen LogP contribution in [-0.4, -0.2) is 24.9 Å². The topological polar surface area (TPSA) is 58.2 Å². The van der Waals surface area contributed by atoms with Gasteiger partial charge in [0.1, 0.15) is 0 Å². The highest BCUT2D eigenvalue weighted by Crippen LogP contribution is 2.10. The SMILES string of the molecule is C/C=C/CCNC(=O)C1CCC(=O)NC1. The Hall–Kier alpha value is -1.32. The van der Waals surface area contributed by atoms with Crippen LogP contribution in [0.2, 0.25) is 0 Å². The van der Waals surface area contributed by atoms with E-state index in [-0.39, 0.29) is 17.7 Å². The summed E-state index contributed by atoms with van der Waals surface area (Å²) in [5, 5.41) is 5.56. The van der Waals surface area contributed by atoms with Crippen LogP contribution in [0.1, 0.15) is 26.2 Å². The van der Waals surface area contributed by atoms with Crippen molar-refractivity contribution >= 4 is 11.8 Å². The van der Waals surface area contributed by atoms with Crippen LogP contribution in [0.3, 0.4) is 0 Å². The maximum atomic E-state index is 11.6. The Bertz CT molecular complexity index is 251. The van der Waals surface area contributed by atoms with Crippen LogP contribution in [0.25, 0.3) is 0 Å². The summed E-state index contributed by atoms with van der Waals surface area (Å²) in [6, 6.07) is 0. The van der Waals surface area contributed by atoms with Crippen molar-refractivity contribution in [2.75, 3.05) is 13.1 Å². The first-order chi connectivity index (χ1) is 7.24. The molecule has 0 aliphatic carbocycles. The van der Waals surface area contributed by atoms with Gasteiger partial charge in [-0.25, -0.2) is 0 Å². The first-order valence-electron chi connectivity index (χ1n) is 5.39. The molecule has 4 heteroatoms. The second kappa shape index (κ2) is 6.22. The van der Waals surface area contributed by atoms with Crippen molar-refractivity contribution in [3.8, 4) is 0 Å². The van der Waals surface area contributed by atoms with Gasteiger partial charge in [0.25, 0.3) is 0 Å². The molecule has 1 atom stereocenters. The minimum Gasteiger partial charge on any atom is -0.355 e. The zero-order valence-electron chi connectivity index (χ0n) is 9.08. The third-order valence-corrected chi connectivity index (χ3v) is 2.48. The van der Waals surface area contributed by atoms with E-state index in [4.69, 9.17) is 0 Å². The molecule has 0 aromatic heterocycles. The molecule has 0 saturated carbocycles. The zero-order chi connectivity index (χ0) is 11.1. The quantitative estimate of drug-likeness (QED) is 0.527. The van der Waals surface area contributed by atoms with Gasteiger partial charge in [-0.05, 0) is 19.8 Å². The number of carbonyl (C=O) groups excluding carboxylic acids is 2. The van der Waals surface area contributed by atoms with E-state index in [0.29, 0.717) is 25.9 Å². The summed E-state index contributed by atoms with van der Waals surface area (Å²) in [6.07, 6.45) is 5.98. The maximum Gasteiger partial charge on any atom is 0.224 e. The van der Waals surface area contributed by atoms with Crippen molar-refractivity contribution in [3.05, 3.63) is 12.2 Å². The number of carbonyl (C=O) groups is 2. The van der Waals surface area contributed by atoms with E-state index in [9.17, 15) is 9.59 Å². The lowest BCUT2D eigenvalue weighted by Gasteiger charge is -2.21. The van der Waals surface area contributed by atoms with Crippen LogP contribution in [0, 0.1) is 5.92 Å². The summed E-state index contributed by atoms with van der Waals surface area (Å²) in [5.74, 6) is 0.0563. The molecule has 1 saturated heterocycles. The zero-order valence-corrected chi connectivity index (χ0v) is 9.08. The normalized spacial score (nSPS) is 21.4. The molecule has 0 aromatic rings. The largest absolute Gasteiger partial charge is 0.355 e. The highest BCUT2D eigenvalue weighted by Gasteiger charge is 2.23. The monoisotopic (exact) mass is 210 g/mol. The highest BCUT2D eigenvalue weighted by atomic mass is 16.2. The average Bonchev–Trinajstić information content (AvgIpc) is 2.25. The predicted molar refractivity (Wildman–Crippen MR) is 58.2 cm³/mol. The number of hydrogen-bond donors (Lipinski definition) is 2. The van der Waals surface area contributed by atoms with Gasteiger partial charge in [0.05, 0.1) is 5.92 Å². The molecule has 1 unspecified atom stereocenters. The third-order valence-electron chi connectivity index (χ3n) is 2.48. The van der Waals surface area contributed by atoms with E-state index in [1.165, 1.54) is 0 Å². The van der Waals surface area contributed by atoms with Gasteiger partial charge in [-0.1, -0.05) is 12.2 Å². The van der Waals surface area contributed by atoms with Crippen LogP contribution in [0.5, 0.6) is 0 Å². The number of allylic oxidation sites excluding steroid dienone is 1. The third kappa shape index (κ3) is 4.14. The van der Waals surface area contributed by atoms with Gasteiger partial charge in [0.2, 0.25) is 11.8 Å². The molecule has 84 valence electrons. The van der Waals surface area contributed by atoms with Crippen LogP contribution in [-0.2, 0) is 9.59 Å². The van der Waals surface area contributed by atoms with Crippen LogP contribution < -0.4 is 10.6 Å². The lowest BCUT2D eigenvalue weighted by molar-refractivity contribution is -0.128. The van der Waals surface area contributed by atoms with Gasteiger partial charge in [-0.15, -0.1) is 0 Å². The van der Waals surface area contributed by atoms with Crippen molar-refractivity contribution in [2.45, 2.75) is 26.2 Å². The van der Waals surface area contributed by atoms with Gasteiger partial charge >= 0.3 is 0 Å². The predicted octanol–water partition coefficient (Wildman–Crippen LogP) is 0.595. The summed E-state index contributed by atoms with van der Waals surface area (Å²) in [4.78, 5) is 22.5. The second-order valence-corrected chi connectivity index (χ2v) is 3.69. The lowest BCUT2D eigenvalue weighted by atomic mass is 9.98. The number of hydrogen-bond acceptors (Lipinski definition) is 2. The van der Waals surface area contributed by atoms with E-state index in [0.717, 1.165) is 6.42 Å². The first-order valence-corrected chi connectivity index (χ1v) is 5.39. The number of amides is 2. The Morgan fingerprint density at radius 2 is 2.47 bits per heavy atom. The standard InChI is InChI=1S/C11H18N2O2/c1-2-3-4-7-12-11(15)9-5-6-10(14)13-8-9/h2-3,9H,4-8H2,1H3,(H,12,15)(H,13,14)/b3-2+. The fourth-order valence-corrected chi connectivity index (χ4v) is 1.55. The fraction of sp³-hybridized carbons (Fsp3) is 0.636.